The highest BCUT2D eigenvalue weighted by Gasteiger charge is 2.16. The largest absolute Gasteiger partial charge is 0.311 e. The third-order valence-electron chi connectivity index (χ3n) is 3.51. The highest BCUT2D eigenvalue weighted by Crippen LogP contribution is 2.23. The summed E-state index contributed by atoms with van der Waals surface area (Å²) < 4.78 is 2.68. The molecule has 0 radical (unpaired) electrons. The molecule has 4 nitrogen and oxygen atoms in total. The van der Waals surface area contributed by atoms with Gasteiger partial charge in [-0.3, -0.25) is 4.79 Å². The van der Waals surface area contributed by atoms with Crippen LogP contribution in [0.25, 0.3) is 5.65 Å². The van der Waals surface area contributed by atoms with Crippen LogP contribution in [0.5, 0.6) is 0 Å². The summed E-state index contributed by atoms with van der Waals surface area (Å²) >= 11 is 9.36. The quantitative estimate of drug-likeness (QED) is 0.572. The number of imidazole rings is 1. The second-order valence-corrected chi connectivity index (χ2v) is 6.30. The highest BCUT2D eigenvalue weighted by molar-refractivity contribution is 9.10. The van der Waals surface area contributed by atoms with E-state index in [4.69, 9.17) is 11.6 Å². The third-order valence-corrected chi connectivity index (χ3v) is 4.35. The van der Waals surface area contributed by atoms with Crippen molar-refractivity contribution >= 4 is 44.8 Å². The molecule has 1 amide bonds. The third kappa shape index (κ3) is 3.62. The standard InChI is InChI=1S/C16H13BrClN3O.C2H6/c1-10-8-19-15-14(17)7-11(9-21(10)15)16(22)20(2)13-5-3-12(18)4-6-13;1-2/h3-9H,1-2H3;1-2H3. The SMILES string of the molecule is CC.Cc1cnc2c(Br)cc(C(=O)N(C)c3ccc(Cl)cc3)cn12. The first-order valence-electron chi connectivity index (χ1n) is 7.64. The maximum Gasteiger partial charge on any atom is 0.259 e. The van der Waals surface area contributed by atoms with Crippen LogP contribution in [0.4, 0.5) is 5.69 Å². The molecule has 24 heavy (non-hydrogen) atoms. The summed E-state index contributed by atoms with van der Waals surface area (Å²) in [7, 11) is 1.74. The lowest BCUT2D eigenvalue weighted by Gasteiger charge is -2.18. The van der Waals surface area contributed by atoms with E-state index >= 15 is 0 Å². The first kappa shape index (κ1) is 18.5. The molecule has 3 aromatic rings. The molecule has 0 aliphatic carbocycles. The molecule has 6 heteroatoms. The first-order chi connectivity index (χ1) is 11.5. The molecular weight excluding hydrogens is 390 g/mol. The van der Waals surface area contributed by atoms with Crippen molar-refractivity contribution in [2.75, 3.05) is 11.9 Å². The fourth-order valence-electron chi connectivity index (χ4n) is 2.26. The Hall–Kier alpha value is -1.85. The van der Waals surface area contributed by atoms with Crippen molar-refractivity contribution < 1.29 is 4.79 Å². The summed E-state index contributed by atoms with van der Waals surface area (Å²) in [5.74, 6) is -0.0991. The van der Waals surface area contributed by atoms with Crippen LogP contribution < -0.4 is 4.90 Å². The fraction of sp³-hybridized carbons (Fsp3) is 0.222. The Balaban J connectivity index is 0.00000100. The molecule has 3 rings (SSSR count). The number of hydrogen-bond acceptors (Lipinski definition) is 2. The lowest BCUT2D eigenvalue weighted by molar-refractivity contribution is 0.0992. The number of amides is 1. The number of rotatable bonds is 2. The first-order valence-corrected chi connectivity index (χ1v) is 8.81. The number of fused-ring (bicyclic) bond motifs is 1. The van der Waals surface area contributed by atoms with E-state index in [1.54, 1.807) is 42.5 Å². The molecule has 0 fully saturated rings. The van der Waals surface area contributed by atoms with Gasteiger partial charge in [-0.15, -0.1) is 0 Å². The van der Waals surface area contributed by atoms with Gasteiger partial charge in [-0.25, -0.2) is 4.98 Å². The van der Waals surface area contributed by atoms with E-state index in [1.165, 1.54) is 0 Å². The maximum absolute atomic E-state index is 12.7. The molecule has 0 aliphatic heterocycles. The molecule has 0 N–H and O–H groups in total. The van der Waals surface area contributed by atoms with Gasteiger partial charge in [0.2, 0.25) is 0 Å². The van der Waals surface area contributed by atoms with Crippen LogP contribution in [0.15, 0.2) is 47.2 Å². The number of aromatic nitrogens is 2. The molecule has 0 aliphatic rings. The molecule has 0 spiro atoms. The number of hydrogen-bond donors (Lipinski definition) is 0. The second-order valence-electron chi connectivity index (χ2n) is 5.01. The Morgan fingerprint density at radius 2 is 1.88 bits per heavy atom. The van der Waals surface area contributed by atoms with E-state index in [9.17, 15) is 4.79 Å². The Morgan fingerprint density at radius 1 is 1.25 bits per heavy atom. The number of pyridine rings is 1. The minimum absolute atomic E-state index is 0.0991. The topological polar surface area (TPSA) is 37.6 Å². The number of benzene rings is 1. The second kappa shape index (κ2) is 7.81. The molecule has 0 saturated heterocycles. The summed E-state index contributed by atoms with van der Waals surface area (Å²) in [6.07, 6.45) is 3.58. The minimum atomic E-state index is -0.0991. The van der Waals surface area contributed by atoms with Crippen molar-refractivity contribution in [2.24, 2.45) is 0 Å². The van der Waals surface area contributed by atoms with Gasteiger partial charge in [-0.05, 0) is 53.2 Å². The zero-order valence-corrected chi connectivity index (χ0v) is 16.4. The minimum Gasteiger partial charge on any atom is -0.311 e. The smallest absolute Gasteiger partial charge is 0.259 e. The molecule has 2 heterocycles. The maximum atomic E-state index is 12.7. The number of carbonyl (C=O) groups excluding carboxylic acids is 1. The predicted octanol–water partition coefficient (Wildman–Crippen LogP) is 5.36. The van der Waals surface area contributed by atoms with Crippen LogP contribution in [-0.2, 0) is 0 Å². The van der Waals surface area contributed by atoms with E-state index in [0.29, 0.717) is 10.6 Å². The van der Waals surface area contributed by atoms with Crippen LogP contribution in [-0.4, -0.2) is 22.3 Å². The van der Waals surface area contributed by atoms with Gasteiger partial charge >= 0.3 is 0 Å². The van der Waals surface area contributed by atoms with Gasteiger partial charge in [-0.2, -0.15) is 0 Å². The van der Waals surface area contributed by atoms with E-state index in [2.05, 4.69) is 20.9 Å². The summed E-state index contributed by atoms with van der Waals surface area (Å²) in [6.45, 7) is 5.95. The van der Waals surface area contributed by atoms with Gasteiger partial charge in [-0.1, -0.05) is 25.4 Å². The molecule has 0 bridgehead atoms. The van der Waals surface area contributed by atoms with Gasteiger partial charge in [0, 0.05) is 35.8 Å². The number of aryl methyl sites for hydroxylation is 1. The average Bonchev–Trinajstić information content (AvgIpc) is 2.98. The van der Waals surface area contributed by atoms with Gasteiger partial charge in [0.05, 0.1) is 10.0 Å². The van der Waals surface area contributed by atoms with Crippen LogP contribution >= 0.6 is 27.5 Å². The van der Waals surface area contributed by atoms with Crippen molar-refractivity contribution in [1.29, 1.82) is 0 Å². The summed E-state index contributed by atoms with van der Waals surface area (Å²) in [5, 5.41) is 0.641. The normalized spacial score (nSPS) is 10.2. The van der Waals surface area contributed by atoms with Gasteiger partial charge in [0.25, 0.3) is 5.91 Å². The Bertz CT molecular complexity index is 859. The Kier molecular flexibility index (Phi) is 6.02. The van der Waals surface area contributed by atoms with Gasteiger partial charge < -0.3 is 9.30 Å². The zero-order chi connectivity index (χ0) is 17.9. The summed E-state index contributed by atoms with van der Waals surface area (Å²) in [5.41, 5.74) is 3.13. The van der Waals surface area contributed by atoms with Crippen LogP contribution in [0.1, 0.15) is 29.9 Å². The van der Waals surface area contributed by atoms with E-state index in [0.717, 1.165) is 21.5 Å². The Morgan fingerprint density at radius 3 is 2.50 bits per heavy atom. The lowest BCUT2D eigenvalue weighted by atomic mass is 10.2. The van der Waals surface area contributed by atoms with Crippen LogP contribution in [0, 0.1) is 6.92 Å². The Labute approximate surface area is 155 Å². The van der Waals surface area contributed by atoms with E-state index in [-0.39, 0.29) is 5.91 Å². The van der Waals surface area contributed by atoms with Gasteiger partial charge in [0.15, 0.2) is 5.65 Å². The van der Waals surface area contributed by atoms with E-state index in [1.807, 2.05) is 37.3 Å². The highest BCUT2D eigenvalue weighted by atomic mass is 79.9. The fourth-order valence-corrected chi connectivity index (χ4v) is 2.92. The number of anilines is 1. The van der Waals surface area contributed by atoms with E-state index < -0.39 is 0 Å². The monoisotopic (exact) mass is 407 g/mol. The van der Waals surface area contributed by atoms with Crippen molar-refractivity contribution in [1.82, 2.24) is 9.38 Å². The molecule has 2 aromatic heterocycles. The number of carbonyl (C=O) groups is 1. The summed E-state index contributed by atoms with van der Waals surface area (Å²) in [4.78, 5) is 18.6. The number of halogens is 2. The van der Waals surface area contributed by atoms with Crippen LogP contribution in [0.2, 0.25) is 5.02 Å². The van der Waals surface area contributed by atoms with Gasteiger partial charge in [0.1, 0.15) is 0 Å². The molecular formula is C18H19BrClN3O. The predicted molar refractivity (Wildman–Crippen MR) is 103 cm³/mol. The van der Waals surface area contributed by atoms with Crippen molar-refractivity contribution in [2.45, 2.75) is 20.8 Å². The van der Waals surface area contributed by atoms with Crippen molar-refractivity contribution in [3.63, 3.8) is 0 Å². The molecule has 0 unspecified atom stereocenters. The van der Waals surface area contributed by atoms with Crippen molar-refractivity contribution in [3.8, 4) is 0 Å². The van der Waals surface area contributed by atoms with Crippen molar-refractivity contribution in [3.05, 3.63) is 63.5 Å². The number of nitrogens with zero attached hydrogens (tertiary/aromatic N) is 3. The summed E-state index contributed by atoms with van der Waals surface area (Å²) in [6, 6.07) is 8.95. The zero-order valence-electron chi connectivity index (χ0n) is 14.0. The molecule has 0 saturated carbocycles. The molecule has 126 valence electrons. The average molecular weight is 409 g/mol. The van der Waals surface area contributed by atoms with Crippen LogP contribution in [0.3, 0.4) is 0 Å². The molecule has 1 aromatic carbocycles. The lowest BCUT2D eigenvalue weighted by Crippen LogP contribution is -2.26. The molecule has 0 atom stereocenters.